The number of rotatable bonds is 4. The summed E-state index contributed by atoms with van der Waals surface area (Å²) in [7, 11) is 0. The van der Waals surface area contributed by atoms with Crippen molar-refractivity contribution >= 4 is 43.5 Å². The summed E-state index contributed by atoms with van der Waals surface area (Å²) >= 11 is 12.9. The maximum atomic E-state index is 5.93. The zero-order chi connectivity index (χ0) is 13.0. The van der Waals surface area contributed by atoms with E-state index in [1.165, 1.54) is 5.56 Å². The molecule has 0 N–H and O–H groups in total. The Morgan fingerprint density at radius 3 is 2.56 bits per heavy atom. The van der Waals surface area contributed by atoms with Crippen molar-refractivity contribution in [3.8, 4) is 5.75 Å². The molecule has 0 bridgehead atoms. The summed E-state index contributed by atoms with van der Waals surface area (Å²) in [5.74, 6) is 0.833. The van der Waals surface area contributed by atoms with Gasteiger partial charge < -0.3 is 4.74 Å². The molecule has 0 atom stereocenters. The van der Waals surface area contributed by atoms with Gasteiger partial charge in [-0.25, -0.2) is 0 Å². The average molecular weight is 391 g/mol. The molecule has 0 aliphatic rings. The monoisotopic (exact) mass is 388 g/mol. The first kappa shape index (κ1) is 13.9. The van der Waals surface area contributed by atoms with Crippen LogP contribution in [0.3, 0.4) is 0 Å². The van der Waals surface area contributed by atoms with Crippen LogP contribution < -0.4 is 4.74 Å². The Hall–Kier alpha value is -0.510. The first-order valence-corrected chi connectivity index (χ1v) is 7.70. The summed E-state index contributed by atoms with van der Waals surface area (Å²) in [6, 6.07) is 13.7. The minimum Gasteiger partial charge on any atom is -0.488 e. The zero-order valence-corrected chi connectivity index (χ0v) is 13.4. The molecule has 0 spiro atoms. The number of alkyl halides is 1. The molecule has 0 aromatic heterocycles. The Morgan fingerprint density at radius 1 is 1.06 bits per heavy atom. The molecule has 94 valence electrons. The van der Waals surface area contributed by atoms with Crippen LogP contribution in [0.2, 0.25) is 5.02 Å². The maximum absolute atomic E-state index is 5.93. The number of ether oxygens (including phenoxy) is 1. The molecular weight excluding hydrogens is 379 g/mol. The van der Waals surface area contributed by atoms with Crippen LogP contribution in [0.15, 0.2) is 46.9 Å². The van der Waals surface area contributed by atoms with E-state index in [0.717, 1.165) is 26.1 Å². The lowest BCUT2D eigenvalue weighted by atomic mass is 10.2. The second kappa shape index (κ2) is 6.60. The van der Waals surface area contributed by atoms with Gasteiger partial charge in [0.25, 0.3) is 0 Å². The molecule has 4 heteroatoms. The summed E-state index contributed by atoms with van der Waals surface area (Å²) in [5.41, 5.74) is 2.26. The van der Waals surface area contributed by atoms with Gasteiger partial charge in [-0.2, -0.15) is 0 Å². The van der Waals surface area contributed by atoms with Crippen molar-refractivity contribution in [2.45, 2.75) is 11.9 Å². The van der Waals surface area contributed by atoms with Crippen LogP contribution in [0, 0.1) is 0 Å². The molecular formula is C14H11Br2ClO. The molecule has 2 rings (SSSR count). The third-order valence-electron chi connectivity index (χ3n) is 2.43. The zero-order valence-electron chi connectivity index (χ0n) is 9.50. The molecule has 1 nitrogen and oxygen atoms in total. The van der Waals surface area contributed by atoms with Gasteiger partial charge in [0.2, 0.25) is 0 Å². The van der Waals surface area contributed by atoms with Gasteiger partial charge in [0.05, 0.1) is 4.47 Å². The van der Waals surface area contributed by atoms with Gasteiger partial charge in [0.15, 0.2) is 0 Å². The van der Waals surface area contributed by atoms with Gasteiger partial charge in [0, 0.05) is 10.4 Å². The fourth-order valence-electron chi connectivity index (χ4n) is 1.53. The van der Waals surface area contributed by atoms with E-state index in [1.807, 2.05) is 42.5 Å². The van der Waals surface area contributed by atoms with Crippen molar-refractivity contribution in [2.75, 3.05) is 0 Å². The first-order chi connectivity index (χ1) is 8.69. The average Bonchev–Trinajstić information content (AvgIpc) is 2.37. The fraction of sp³-hybridized carbons (Fsp3) is 0.143. The molecule has 0 aliphatic heterocycles. The second-order valence-electron chi connectivity index (χ2n) is 3.82. The topological polar surface area (TPSA) is 9.23 Å². The van der Waals surface area contributed by atoms with Gasteiger partial charge in [-0.1, -0.05) is 45.7 Å². The molecule has 0 aliphatic carbocycles. The molecule has 2 aromatic carbocycles. The third-order valence-corrected chi connectivity index (χ3v) is 3.94. The van der Waals surface area contributed by atoms with Crippen molar-refractivity contribution in [1.82, 2.24) is 0 Å². The van der Waals surface area contributed by atoms with Crippen LogP contribution in [0.4, 0.5) is 0 Å². The highest BCUT2D eigenvalue weighted by Crippen LogP contribution is 2.27. The predicted molar refractivity (Wildman–Crippen MR) is 82.6 cm³/mol. The van der Waals surface area contributed by atoms with Crippen LogP contribution in [0.25, 0.3) is 0 Å². The lowest BCUT2D eigenvalue weighted by Gasteiger charge is -2.09. The summed E-state index contributed by atoms with van der Waals surface area (Å²) in [5, 5.41) is 1.56. The lowest BCUT2D eigenvalue weighted by Crippen LogP contribution is -1.96. The minimum atomic E-state index is 0.507. The summed E-state index contributed by atoms with van der Waals surface area (Å²) in [6.07, 6.45) is 0. The molecule has 0 fully saturated rings. The summed E-state index contributed by atoms with van der Waals surface area (Å²) < 4.78 is 6.72. The number of hydrogen-bond donors (Lipinski definition) is 0. The molecule has 0 radical (unpaired) electrons. The van der Waals surface area contributed by atoms with Crippen molar-refractivity contribution in [2.24, 2.45) is 0 Å². The number of hydrogen-bond acceptors (Lipinski definition) is 1. The first-order valence-electron chi connectivity index (χ1n) is 5.40. The van der Waals surface area contributed by atoms with E-state index in [0.29, 0.717) is 6.61 Å². The SMILES string of the molecule is Clc1cccc(COc2ccc(CBr)cc2Br)c1. The van der Waals surface area contributed by atoms with Gasteiger partial charge in [-0.3, -0.25) is 0 Å². The summed E-state index contributed by atoms with van der Waals surface area (Å²) in [6.45, 7) is 0.507. The van der Waals surface area contributed by atoms with Crippen molar-refractivity contribution in [3.63, 3.8) is 0 Å². The Bertz CT molecular complexity index is 543. The van der Waals surface area contributed by atoms with E-state index >= 15 is 0 Å². The molecule has 0 saturated heterocycles. The Morgan fingerprint density at radius 2 is 1.89 bits per heavy atom. The van der Waals surface area contributed by atoms with Crippen molar-refractivity contribution in [1.29, 1.82) is 0 Å². The maximum Gasteiger partial charge on any atom is 0.134 e. The van der Waals surface area contributed by atoms with E-state index < -0.39 is 0 Å². The highest BCUT2D eigenvalue weighted by molar-refractivity contribution is 9.10. The van der Waals surface area contributed by atoms with E-state index in [1.54, 1.807) is 0 Å². The molecule has 18 heavy (non-hydrogen) atoms. The van der Waals surface area contributed by atoms with Crippen molar-refractivity contribution in [3.05, 3.63) is 63.1 Å². The second-order valence-corrected chi connectivity index (χ2v) is 5.67. The Kier molecular flexibility index (Phi) is 5.10. The van der Waals surface area contributed by atoms with Crippen LogP contribution in [0.5, 0.6) is 5.75 Å². The highest BCUT2D eigenvalue weighted by atomic mass is 79.9. The molecule has 0 saturated carbocycles. The quantitative estimate of drug-likeness (QED) is 0.620. The van der Waals surface area contributed by atoms with E-state index in [4.69, 9.17) is 16.3 Å². The van der Waals surface area contributed by atoms with Crippen LogP contribution in [0.1, 0.15) is 11.1 Å². The van der Waals surface area contributed by atoms with Gasteiger partial charge in [-0.15, -0.1) is 0 Å². The lowest BCUT2D eigenvalue weighted by molar-refractivity contribution is 0.304. The molecule has 0 unspecified atom stereocenters. The largest absolute Gasteiger partial charge is 0.488 e. The fourth-order valence-corrected chi connectivity index (χ4v) is 2.63. The van der Waals surface area contributed by atoms with Gasteiger partial charge >= 0.3 is 0 Å². The molecule has 2 aromatic rings. The number of benzene rings is 2. The van der Waals surface area contributed by atoms with Crippen LogP contribution in [-0.4, -0.2) is 0 Å². The molecule has 0 amide bonds. The normalized spacial score (nSPS) is 10.4. The Labute approximate surface area is 128 Å². The van der Waals surface area contributed by atoms with Crippen LogP contribution >= 0.6 is 43.5 Å². The predicted octanol–water partition coefficient (Wildman–Crippen LogP) is 5.58. The highest BCUT2D eigenvalue weighted by Gasteiger charge is 2.03. The van der Waals surface area contributed by atoms with E-state index in [-0.39, 0.29) is 0 Å². The Balaban J connectivity index is 2.06. The third kappa shape index (κ3) is 3.74. The number of halogens is 3. The minimum absolute atomic E-state index is 0.507. The summed E-state index contributed by atoms with van der Waals surface area (Å²) in [4.78, 5) is 0. The van der Waals surface area contributed by atoms with Gasteiger partial charge in [0.1, 0.15) is 12.4 Å². The van der Waals surface area contributed by atoms with Gasteiger partial charge in [-0.05, 0) is 51.3 Å². The van der Waals surface area contributed by atoms with Crippen LogP contribution in [-0.2, 0) is 11.9 Å². The van der Waals surface area contributed by atoms with E-state index in [2.05, 4.69) is 31.9 Å². The van der Waals surface area contributed by atoms with E-state index in [9.17, 15) is 0 Å². The standard InChI is InChI=1S/C14H11Br2ClO/c15-8-10-4-5-14(13(16)7-10)18-9-11-2-1-3-12(17)6-11/h1-7H,8-9H2. The molecule has 0 heterocycles. The van der Waals surface area contributed by atoms with Crippen molar-refractivity contribution < 1.29 is 4.74 Å². The smallest absolute Gasteiger partial charge is 0.134 e.